The molecule has 0 saturated heterocycles. The highest BCUT2D eigenvalue weighted by Crippen LogP contribution is 2.42. The van der Waals surface area contributed by atoms with E-state index in [1.807, 2.05) is 70.3 Å². The van der Waals surface area contributed by atoms with Gasteiger partial charge in [0.25, 0.3) is 0 Å². The first-order valence-corrected chi connectivity index (χ1v) is 11.5. The number of fused-ring (bicyclic) bond motifs is 2. The molecule has 1 heterocycles. The van der Waals surface area contributed by atoms with Crippen LogP contribution in [0.4, 0.5) is 5.69 Å². The van der Waals surface area contributed by atoms with Gasteiger partial charge in [0.15, 0.2) is 0 Å². The molecule has 4 aromatic carbocycles. The summed E-state index contributed by atoms with van der Waals surface area (Å²) < 4.78 is 7.70. The van der Waals surface area contributed by atoms with Gasteiger partial charge in [-0.15, -0.1) is 0 Å². The second kappa shape index (κ2) is 8.07. The van der Waals surface area contributed by atoms with E-state index in [4.69, 9.17) is 10.5 Å². The Labute approximate surface area is 199 Å². The Hall–Kier alpha value is -4.05. The first kappa shape index (κ1) is 21.8. The van der Waals surface area contributed by atoms with E-state index >= 15 is 0 Å². The second-order valence-corrected chi connectivity index (χ2v) is 9.62. The first-order valence-electron chi connectivity index (χ1n) is 11.5. The Bertz CT molecular complexity index is 1550. The van der Waals surface area contributed by atoms with Crippen LogP contribution in [0.15, 0.2) is 85.1 Å². The average molecular weight is 449 g/mol. The van der Waals surface area contributed by atoms with Gasteiger partial charge in [0.1, 0.15) is 5.60 Å². The van der Waals surface area contributed by atoms with Crippen LogP contribution in [-0.4, -0.2) is 16.1 Å². The van der Waals surface area contributed by atoms with Gasteiger partial charge in [-0.25, -0.2) is 4.79 Å². The highest BCUT2D eigenvalue weighted by Gasteiger charge is 2.23. The fourth-order valence-electron chi connectivity index (χ4n) is 4.61. The van der Waals surface area contributed by atoms with Crippen LogP contribution in [0.2, 0.25) is 0 Å². The van der Waals surface area contributed by atoms with Crippen LogP contribution >= 0.6 is 0 Å². The Morgan fingerprint density at radius 1 is 0.794 bits per heavy atom. The van der Waals surface area contributed by atoms with Gasteiger partial charge in [-0.1, -0.05) is 60.7 Å². The topological polar surface area (TPSA) is 57.2 Å². The third-order valence-corrected chi connectivity index (χ3v) is 6.14. The zero-order chi connectivity index (χ0) is 24.0. The van der Waals surface area contributed by atoms with E-state index in [1.165, 1.54) is 0 Å². The lowest BCUT2D eigenvalue weighted by Gasteiger charge is -2.20. The molecule has 34 heavy (non-hydrogen) atoms. The standard InChI is InChI=1S/C30H28N2O2/c1-19-22(29(33)34-30(2,3)4)17-18-32(19)26-16-14-21-10-6-8-12-24(21)28(26)27-23-11-7-5-9-20(23)13-15-25(27)31/h5-18H,31H2,1-4H3. The van der Waals surface area contributed by atoms with Gasteiger partial charge < -0.3 is 15.0 Å². The molecular weight excluding hydrogens is 420 g/mol. The summed E-state index contributed by atoms with van der Waals surface area (Å²) in [6.07, 6.45) is 1.93. The molecular formula is C30H28N2O2. The molecule has 2 N–H and O–H groups in total. The summed E-state index contributed by atoms with van der Waals surface area (Å²) in [6.45, 7) is 7.58. The van der Waals surface area contributed by atoms with Crippen molar-refractivity contribution in [2.45, 2.75) is 33.3 Å². The fourth-order valence-corrected chi connectivity index (χ4v) is 4.61. The number of carbonyl (C=O) groups is 1. The number of nitrogen functional groups attached to an aromatic ring is 1. The van der Waals surface area contributed by atoms with E-state index in [9.17, 15) is 4.79 Å². The molecule has 5 rings (SSSR count). The summed E-state index contributed by atoms with van der Waals surface area (Å²) >= 11 is 0. The Balaban J connectivity index is 1.81. The summed E-state index contributed by atoms with van der Waals surface area (Å²) in [4.78, 5) is 12.9. The smallest absolute Gasteiger partial charge is 0.340 e. The summed E-state index contributed by atoms with van der Waals surface area (Å²) in [5, 5.41) is 4.46. The van der Waals surface area contributed by atoms with Crippen molar-refractivity contribution in [3.05, 3.63) is 96.3 Å². The predicted octanol–water partition coefficient (Wildman–Crippen LogP) is 7.30. The number of rotatable bonds is 3. The minimum absolute atomic E-state index is 0.323. The van der Waals surface area contributed by atoms with Gasteiger partial charge in [-0.3, -0.25) is 0 Å². The van der Waals surface area contributed by atoms with E-state index in [0.29, 0.717) is 11.3 Å². The number of hydrogen-bond acceptors (Lipinski definition) is 3. The lowest BCUT2D eigenvalue weighted by Crippen LogP contribution is -2.24. The van der Waals surface area contributed by atoms with Crippen molar-refractivity contribution in [3.63, 3.8) is 0 Å². The minimum Gasteiger partial charge on any atom is -0.456 e. The number of nitrogens with zero attached hydrogens (tertiary/aromatic N) is 1. The molecule has 4 heteroatoms. The third kappa shape index (κ3) is 3.71. The third-order valence-electron chi connectivity index (χ3n) is 6.14. The van der Waals surface area contributed by atoms with Crippen molar-refractivity contribution in [2.24, 2.45) is 0 Å². The largest absolute Gasteiger partial charge is 0.456 e. The Morgan fingerprint density at radius 3 is 2.03 bits per heavy atom. The quantitative estimate of drug-likeness (QED) is 0.233. The highest BCUT2D eigenvalue weighted by atomic mass is 16.6. The predicted molar refractivity (Wildman–Crippen MR) is 141 cm³/mol. The molecule has 0 aliphatic heterocycles. The van der Waals surface area contributed by atoms with Gasteiger partial charge >= 0.3 is 5.97 Å². The van der Waals surface area contributed by atoms with Crippen molar-refractivity contribution in [1.29, 1.82) is 0 Å². The number of aromatic nitrogens is 1. The number of benzene rings is 4. The van der Waals surface area contributed by atoms with Crippen LogP contribution < -0.4 is 5.73 Å². The van der Waals surface area contributed by atoms with Gasteiger partial charge in [-0.05, 0) is 67.4 Å². The molecule has 0 aliphatic rings. The molecule has 0 atom stereocenters. The second-order valence-electron chi connectivity index (χ2n) is 9.62. The van der Waals surface area contributed by atoms with Crippen LogP contribution in [0.5, 0.6) is 0 Å². The fraction of sp³-hybridized carbons (Fsp3) is 0.167. The van der Waals surface area contributed by atoms with E-state index < -0.39 is 5.60 Å². The maximum absolute atomic E-state index is 12.9. The molecule has 0 amide bonds. The van der Waals surface area contributed by atoms with Crippen LogP contribution in [0.3, 0.4) is 0 Å². The van der Waals surface area contributed by atoms with Crippen molar-refractivity contribution in [2.75, 3.05) is 5.73 Å². The zero-order valence-electron chi connectivity index (χ0n) is 19.9. The summed E-state index contributed by atoms with van der Waals surface area (Å²) in [7, 11) is 0. The van der Waals surface area contributed by atoms with Crippen LogP contribution in [0.25, 0.3) is 38.4 Å². The van der Waals surface area contributed by atoms with Crippen molar-refractivity contribution in [3.8, 4) is 16.8 Å². The molecule has 170 valence electrons. The lowest BCUT2D eigenvalue weighted by molar-refractivity contribution is 0.00688. The van der Waals surface area contributed by atoms with Crippen molar-refractivity contribution < 1.29 is 9.53 Å². The van der Waals surface area contributed by atoms with Gasteiger partial charge in [0.2, 0.25) is 0 Å². The van der Waals surface area contributed by atoms with Crippen LogP contribution in [0, 0.1) is 6.92 Å². The number of carbonyl (C=O) groups excluding carboxylic acids is 1. The van der Waals surface area contributed by atoms with Crippen molar-refractivity contribution >= 4 is 33.2 Å². The van der Waals surface area contributed by atoms with E-state index in [2.05, 4.69) is 47.0 Å². The molecule has 0 saturated carbocycles. The molecule has 0 fully saturated rings. The molecule has 0 radical (unpaired) electrons. The monoisotopic (exact) mass is 448 g/mol. The molecule has 5 aromatic rings. The van der Waals surface area contributed by atoms with Crippen LogP contribution in [-0.2, 0) is 4.74 Å². The number of anilines is 1. The summed E-state index contributed by atoms with van der Waals surface area (Å²) in [5.41, 5.74) is 11.2. The normalized spacial score (nSPS) is 11.8. The number of ether oxygens (including phenoxy) is 1. The number of nitrogens with two attached hydrogens (primary N) is 1. The number of esters is 1. The first-order chi connectivity index (χ1) is 16.2. The summed E-state index contributed by atoms with van der Waals surface area (Å²) in [5.74, 6) is -0.323. The Kier molecular flexibility index (Phi) is 5.17. The van der Waals surface area contributed by atoms with Crippen LogP contribution in [0.1, 0.15) is 36.8 Å². The van der Waals surface area contributed by atoms with Gasteiger partial charge in [-0.2, -0.15) is 0 Å². The molecule has 0 spiro atoms. The molecule has 1 aromatic heterocycles. The van der Waals surface area contributed by atoms with E-state index in [-0.39, 0.29) is 5.97 Å². The summed E-state index contributed by atoms with van der Waals surface area (Å²) in [6, 6.07) is 26.7. The van der Waals surface area contributed by atoms with E-state index in [0.717, 1.165) is 44.1 Å². The maximum atomic E-state index is 12.9. The highest BCUT2D eigenvalue weighted by molar-refractivity contribution is 6.12. The molecule has 0 aliphatic carbocycles. The SMILES string of the molecule is Cc1c(C(=O)OC(C)(C)C)ccn1-c1ccc2ccccc2c1-c1c(N)ccc2ccccc12. The lowest BCUT2D eigenvalue weighted by atomic mass is 9.91. The molecule has 4 nitrogen and oxygen atoms in total. The van der Waals surface area contributed by atoms with E-state index in [1.54, 1.807) is 0 Å². The van der Waals surface area contributed by atoms with Crippen molar-refractivity contribution in [1.82, 2.24) is 4.57 Å². The zero-order valence-corrected chi connectivity index (χ0v) is 19.9. The Morgan fingerprint density at radius 2 is 1.38 bits per heavy atom. The average Bonchev–Trinajstić information content (AvgIpc) is 3.19. The molecule has 0 bridgehead atoms. The maximum Gasteiger partial charge on any atom is 0.340 e. The van der Waals surface area contributed by atoms with Gasteiger partial charge in [0.05, 0.1) is 11.3 Å². The molecule has 0 unspecified atom stereocenters. The van der Waals surface area contributed by atoms with Gasteiger partial charge in [0, 0.05) is 28.7 Å². The number of hydrogen-bond donors (Lipinski definition) is 1. The minimum atomic E-state index is -0.558.